The minimum Gasteiger partial charge on any atom is -0.480 e. The predicted octanol–water partition coefficient (Wildman–Crippen LogP) is -0.928. The molecule has 1 aromatic rings. The standard InChI is InChI=1S/C7H8N4O3/c8-6(14)5-7(10-2-1-9-5)11-3-4(12)13/h1-2H,3H2,(H2,8,14)(H,10,11)(H,12,13). The van der Waals surface area contributed by atoms with E-state index in [0.29, 0.717) is 0 Å². The third kappa shape index (κ3) is 2.41. The minimum atomic E-state index is -1.06. The van der Waals surface area contributed by atoms with Gasteiger partial charge in [0.05, 0.1) is 0 Å². The Kier molecular flexibility index (Phi) is 2.95. The number of nitrogens with zero attached hydrogens (tertiary/aromatic N) is 2. The molecule has 0 aliphatic carbocycles. The maximum absolute atomic E-state index is 10.8. The van der Waals surface area contributed by atoms with Gasteiger partial charge in [-0.05, 0) is 0 Å². The van der Waals surface area contributed by atoms with E-state index in [1.807, 2.05) is 0 Å². The van der Waals surface area contributed by atoms with Gasteiger partial charge in [0.25, 0.3) is 5.91 Å². The van der Waals surface area contributed by atoms with Gasteiger partial charge in [-0.2, -0.15) is 0 Å². The Bertz CT molecular complexity index is 366. The largest absolute Gasteiger partial charge is 0.480 e. The second-order valence-electron chi connectivity index (χ2n) is 2.37. The molecule has 0 saturated carbocycles. The number of nitrogens with one attached hydrogen (secondary N) is 1. The summed E-state index contributed by atoms with van der Waals surface area (Å²) in [5.74, 6) is -1.75. The molecule has 1 heterocycles. The highest BCUT2D eigenvalue weighted by Gasteiger charge is 2.10. The van der Waals surface area contributed by atoms with Gasteiger partial charge in [0.15, 0.2) is 11.5 Å². The van der Waals surface area contributed by atoms with Crippen LogP contribution in [0.3, 0.4) is 0 Å². The number of carboxylic acid groups (broad SMARTS) is 1. The van der Waals surface area contributed by atoms with Crippen molar-refractivity contribution in [3.05, 3.63) is 18.1 Å². The summed E-state index contributed by atoms with van der Waals surface area (Å²) >= 11 is 0. The number of aliphatic carboxylic acids is 1. The second kappa shape index (κ2) is 4.17. The number of rotatable bonds is 4. The van der Waals surface area contributed by atoms with Gasteiger partial charge in [-0.15, -0.1) is 0 Å². The molecule has 14 heavy (non-hydrogen) atoms. The average Bonchev–Trinajstić information content (AvgIpc) is 2.15. The number of anilines is 1. The summed E-state index contributed by atoms with van der Waals surface area (Å²) < 4.78 is 0. The fourth-order valence-corrected chi connectivity index (χ4v) is 0.807. The van der Waals surface area contributed by atoms with Crippen LogP contribution >= 0.6 is 0 Å². The SMILES string of the molecule is NC(=O)c1nccnc1NCC(=O)O. The number of hydrogen-bond acceptors (Lipinski definition) is 5. The normalized spacial score (nSPS) is 9.43. The third-order valence-corrected chi connectivity index (χ3v) is 1.34. The summed E-state index contributed by atoms with van der Waals surface area (Å²) in [5, 5.41) is 10.8. The van der Waals surface area contributed by atoms with Crippen LogP contribution in [-0.2, 0) is 4.79 Å². The van der Waals surface area contributed by atoms with Crippen LogP contribution in [-0.4, -0.2) is 33.5 Å². The lowest BCUT2D eigenvalue weighted by molar-refractivity contribution is -0.134. The quantitative estimate of drug-likeness (QED) is 0.572. The van der Waals surface area contributed by atoms with Crippen LogP contribution in [0.15, 0.2) is 12.4 Å². The third-order valence-electron chi connectivity index (χ3n) is 1.34. The molecule has 0 saturated heterocycles. The van der Waals surface area contributed by atoms with Crippen LogP contribution < -0.4 is 11.1 Å². The van der Waals surface area contributed by atoms with Crippen LogP contribution in [0.4, 0.5) is 5.82 Å². The van der Waals surface area contributed by atoms with Gasteiger partial charge in [0, 0.05) is 12.4 Å². The average molecular weight is 196 g/mol. The lowest BCUT2D eigenvalue weighted by Crippen LogP contribution is -2.20. The van der Waals surface area contributed by atoms with E-state index in [1.54, 1.807) is 0 Å². The summed E-state index contributed by atoms with van der Waals surface area (Å²) in [5.41, 5.74) is 4.92. The fraction of sp³-hybridized carbons (Fsp3) is 0.143. The molecule has 4 N–H and O–H groups in total. The lowest BCUT2D eigenvalue weighted by atomic mass is 10.4. The summed E-state index contributed by atoms with van der Waals surface area (Å²) in [4.78, 5) is 28.4. The van der Waals surface area contributed by atoms with Crippen molar-refractivity contribution >= 4 is 17.7 Å². The zero-order valence-corrected chi connectivity index (χ0v) is 7.10. The number of hydrogen-bond donors (Lipinski definition) is 3. The minimum absolute atomic E-state index is 0.0717. The number of carbonyl (C=O) groups excluding carboxylic acids is 1. The molecule has 0 spiro atoms. The Balaban J connectivity index is 2.84. The van der Waals surface area contributed by atoms with E-state index in [-0.39, 0.29) is 18.1 Å². The molecular weight excluding hydrogens is 188 g/mol. The number of primary amides is 1. The van der Waals surface area contributed by atoms with Gasteiger partial charge < -0.3 is 16.2 Å². The van der Waals surface area contributed by atoms with E-state index < -0.39 is 11.9 Å². The van der Waals surface area contributed by atoms with Crippen molar-refractivity contribution in [2.24, 2.45) is 5.73 Å². The van der Waals surface area contributed by atoms with Crippen molar-refractivity contribution in [3.63, 3.8) is 0 Å². The van der Waals surface area contributed by atoms with Crippen LogP contribution in [0.25, 0.3) is 0 Å². The Morgan fingerprint density at radius 3 is 2.64 bits per heavy atom. The van der Waals surface area contributed by atoms with Crippen molar-refractivity contribution in [1.29, 1.82) is 0 Å². The number of carboxylic acids is 1. The van der Waals surface area contributed by atoms with Crippen molar-refractivity contribution in [2.75, 3.05) is 11.9 Å². The molecule has 1 rings (SSSR count). The number of amides is 1. The highest BCUT2D eigenvalue weighted by Crippen LogP contribution is 2.05. The molecule has 0 radical (unpaired) electrons. The Hall–Kier alpha value is -2.18. The monoisotopic (exact) mass is 196 g/mol. The molecule has 7 nitrogen and oxygen atoms in total. The Morgan fingerprint density at radius 2 is 2.07 bits per heavy atom. The maximum Gasteiger partial charge on any atom is 0.322 e. The van der Waals surface area contributed by atoms with E-state index in [0.717, 1.165) is 0 Å². The topological polar surface area (TPSA) is 118 Å². The highest BCUT2D eigenvalue weighted by atomic mass is 16.4. The van der Waals surface area contributed by atoms with Crippen molar-refractivity contribution in [1.82, 2.24) is 9.97 Å². The smallest absolute Gasteiger partial charge is 0.322 e. The molecule has 0 bridgehead atoms. The van der Waals surface area contributed by atoms with Gasteiger partial charge >= 0.3 is 5.97 Å². The molecule has 0 aliphatic rings. The van der Waals surface area contributed by atoms with Crippen molar-refractivity contribution < 1.29 is 14.7 Å². The van der Waals surface area contributed by atoms with Crippen molar-refractivity contribution in [3.8, 4) is 0 Å². The Morgan fingerprint density at radius 1 is 1.43 bits per heavy atom. The predicted molar refractivity (Wildman–Crippen MR) is 46.7 cm³/mol. The molecule has 0 aliphatic heterocycles. The molecule has 7 heteroatoms. The molecular formula is C7H8N4O3. The van der Waals surface area contributed by atoms with Gasteiger partial charge in [0.1, 0.15) is 6.54 Å². The van der Waals surface area contributed by atoms with E-state index in [2.05, 4.69) is 15.3 Å². The number of carbonyl (C=O) groups is 2. The van der Waals surface area contributed by atoms with Gasteiger partial charge in [-0.1, -0.05) is 0 Å². The van der Waals surface area contributed by atoms with Crippen LogP contribution in [0, 0.1) is 0 Å². The van der Waals surface area contributed by atoms with E-state index >= 15 is 0 Å². The van der Waals surface area contributed by atoms with E-state index in [9.17, 15) is 9.59 Å². The zero-order valence-electron chi connectivity index (χ0n) is 7.10. The molecule has 0 atom stereocenters. The van der Waals surface area contributed by atoms with Gasteiger partial charge in [0.2, 0.25) is 0 Å². The summed E-state index contributed by atoms with van der Waals surface area (Å²) in [6.07, 6.45) is 2.63. The summed E-state index contributed by atoms with van der Waals surface area (Å²) in [6.45, 7) is -0.348. The summed E-state index contributed by atoms with van der Waals surface area (Å²) in [7, 11) is 0. The van der Waals surface area contributed by atoms with E-state index in [1.165, 1.54) is 12.4 Å². The Labute approximate surface area is 79.0 Å². The molecule has 0 aromatic carbocycles. The molecule has 1 aromatic heterocycles. The second-order valence-corrected chi connectivity index (χ2v) is 2.37. The molecule has 1 amide bonds. The van der Waals surface area contributed by atoms with Crippen LogP contribution in [0.5, 0.6) is 0 Å². The van der Waals surface area contributed by atoms with E-state index in [4.69, 9.17) is 10.8 Å². The van der Waals surface area contributed by atoms with Crippen molar-refractivity contribution in [2.45, 2.75) is 0 Å². The van der Waals surface area contributed by atoms with Crippen LogP contribution in [0.1, 0.15) is 10.5 Å². The fourth-order valence-electron chi connectivity index (χ4n) is 0.807. The number of nitrogens with two attached hydrogens (primary N) is 1. The lowest BCUT2D eigenvalue weighted by Gasteiger charge is -2.04. The van der Waals surface area contributed by atoms with Crippen LogP contribution in [0.2, 0.25) is 0 Å². The van der Waals surface area contributed by atoms with Gasteiger partial charge in [-0.25, -0.2) is 9.97 Å². The first-order valence-corrected chi connectivity index (χ1v) is 3.67. The van der Waals surface area contributed by atoms with Gasteiger partial charge in [-0.3, -0.25) is 9.59 Å². The highest BCUT2D eigenvalue weighted by molar-refractivity contribution is 5.95. The molecule has 0 fully saturated rings. The first-order chi connectivity index (χ1) is 6.61. The molecule has 74 valence electrons. The first-order valence-electron chi connectivity index (χ1n) is 3.67. The maximum atomic E-state index is 10.8. The number of aromatic nitrogens is 2. The zero-order chi connectivity index (χ0) is 10.6. The summed E-state index contributed by atoms with van der Waals surface area (Å²) in [6, 6.07) is 0. The first kappa shape index (κ1) is 9.90. The molecule has 0 unspecified atom stereocenters.